The molecule has 0 aromatic carbocycles. The van der Waals surface area contributed by atoms with Gasteiger partial charge in [-0.1, -0.05) is 295 Å². The second-order valence-electron chi connectivity index (χ2n) is 27.3. The van der Waals surface area contributed by atoms with Crippen LogP contribution in [0.1, 0.15) is 323 Å². The summed E-state index contributed by atoms with van der Waals surface area (Å²) in [5.74, 6) is -2.33. The molecule has 0 aliphatic carbocycles. The number of aliphatic hydroxyl groups excluding tert-OH is 1. The summed E-state index contributed by atoms with van der Waals surface area (Å²) in [7, 11) is -10.0. The fourth-order valence-electron chi connectivity index (χ4n) is 10.7. The van der Waals surface area contributed by atoms with E-state index in [0.717, 1.165) is 173 Å². The Labute approximate surface area is 655 Å². The van der Waals surface area contributed by atoms with E-state index >= 15 is 0 Å². The molecule has 5 atom stereocenters. The van der Waals surface area contributed by atoms with Gasteiger partial charge in [-0.05, 0) is 161 Å². The highest BCUT2D eigenvalue weighted by Gasteiger charge is 2.30. The average Bonchev–Trinajstić information content (AvgIpc) is 0.899. The minimum absolute atomic E-state index is 0.0364. The number of hydrogen-bond donors (Lipinski definition) is 3. The number of aliphatic hydroxyl groups is 1. The maximum Gasteiger partial charge on any atom is 0.472 e. The molecule has 108 heavy (non-hydrogen) atoms. The van der Waals surface area contributed by atoms with Crippen molar-refractivity contribution >= 4 is 39.5 Å². The van der Waals surface area contributed by atoms with Gasteiger partial charge in [-0.2, -0.15) is 0 Å². The van der Waals surface area contributed by atoms with Gasteiger partial charge in [0.1, 0.15) is 19.3 Å². The van der Waals surface area contributed by atoms with E-state index in [0.29, 0.717) is 32.1 Å². The third kappa shape index (κ3) is 78.8. The zero-order valence-corrected chi connectivity index (χ0v) is 69.3. The Bertz CT molecular complexity index is 2660. The monoisotopic (exact) mass is 1550 g/mol. The number of allylic oxidation sites excluding steroid dienone is 26. The van der Waals surface area contributed by atoms with Crippen molar-refractivity contribution in [1.29, 1.82) is 0 Å². The molecule has 0 heterocycles. The number of ether oxygens (including phenoxy) is 4. The first-order valence-corrected chi connectivity index (χ1v) is 44.7. The maximum absolute atomic E-state index is 13.1. The van der Waals surface area contributed by atoms with Gasteiger partial charge in [0.2, 0.25) is 0 Å². The van der Waals surface area contributed by atoms with E-state index in [9.17, 15) is 43.2 Å². The Balaban J connectivity index is 5.48. The van der Waals surface area contributed by atoms with Gasteiger partial charge >= 0.3 is 39.5 Å². The molecule has 0 fully saturated rings. The predicted octanol–water partition coefficient (Wildman–Crippen LogP) is 24.8. The van der Waals surface area contributed by atoms with E-state index in [1.54, 1.807) is 0 Å². The van der Waals surface area contributed by atoms with Gasteiger partial charge in [0, 0.05) is 25.7 Å². The minimum atomic E-state index is -5.01. The van der Waals surface area contributed by atoms with E-state index in [1.165, 1.54) is 64.2 Å². The van der Waals surface area contributed by atoms with Crippen LogP contribution >= 0.6 is 15.6 Å². The van der Waals surface area contributed by atoms with Crippen molar-refractivity contribution < 1.29 is 80.2 Å². The summed E-state index contributed by atoms with van der Waals surface area (Å²) >= 11 is 0. The molecular weight excluding hydrogens is 1400 g/mol. The van der Waals surface area contributed by atoms with Crippen molar-refractivity contribution in [1.82, 2.24) is 0 Å². The number of phosphoric acid groups is 2. The van der Waals surface area contributed by atoms with Crippen LogP contribution in [0.2, 0.25) is 0 Å². The van der Waals surface area contributed by atoms with Crippen molar-refractivity contribution in [2.45, 2.75) is 341 Å². The Morgan fingerprint density at radius 3 is 0.824 bits per heavy atom. The van der Waals surface area contributed by atoms with Gasteiger partial charge < -0.3 is 33.8 Å². The summed E-state index contributed by atoms with van der Waals surface area (Å²) < 4.78 is 68.6. The SMILES string of the molecule is CC/C=C\C/C=C\C/C=C\C/C=C\C/C=C\C/C=C\CCC(=O)O[C@H](COC(=O)CCCCCCC/C=C\CCCCCCCC)COP(=O)(O)OC[C@H](O)COP(=O)(O)OC[C@@H](COC(=O)CCCCC/C=C\C/C=C\C/C=C\C/C=C\C/C=C\CC)OC(=O)CCCCCCCCC/C=C\CCCCCC. The maximum atomic E-state index is 13.1. The molecule has 0 saturated heterocycles. The standard InChI is InChI=1S/C89H148O17P2/c1-5-9-13-17-21-25-29-33-37-39-41-43-47-50-54-58-62-66-70-74-87(92)100-80-84(105-88(93)75-71-67-63-59-55-51-46-36-32-28-24-20-16-12-8-4)81-103-107(95,96)101-77-83(90)78-102-108(97,98)104-82-85(79-99-86(91)73-69-65-61-57-53-49-45-35-31-27-23-19-15-11-7-3)106-89(94)76-72-68-64-60-56-52-48-44-42-40-38-34-30-26-22-18-14-10-6-2/h9-10,13-14,21-22,25-26,28,32-35,37-38,41-45,50,52,54,56,64,68,83-85,90H,5-8,11-12,15-20,23-24,27,29-31,36,39-40,46-49,51,53,55,57-63,65-67,69-82H2,1-4H3,(H,95,96)(H,97,98)/b13-9-,14-10-,25-21-,26-22-,32-28-,37-33-,38-34-,43-41-,44-42-,45-35-,54-50-,56-52-,68-64-/t83-,84-,85-/m1/s1. The van der Waals surface area contributed by atoms with E-state index in [-0.39, 0.29) is 25.7 Å². The van der Waals surface area contributed by atoms with E-state index in [4.69, 9.17) is 37.0 Å². The lowest BCUT2D eigenvalue weighted by molar-refractivity contribution is -0.161. The Morgan fingerprint density at radius 1 is 0.269 bits per heavy atom. The van der Waals surface area contributed by atoms with Crippen LogP contribution in [0, 0.1) is 0 Å². The van der Waals surface area contributed by atoms with E-state index < -0.39 is 97.5 Å². The summed E-state index contributed by atoms with van der Waals surface area (Å²) in [6, 6.07) is 0. The fraction of sp³-hybridized carbons (Fsp3) is 0.663. The van der Waals surface area contributed by atoms with Crippen LogP contribution in [-0.2, 0) is 65.4 Å². The number of unbranched alkanes of at least 4 members (excludes halogenated alkanes) is 25. The van der Waals surface area contributed by atoms with Crippen LogP contribution < -0.4 is 0 Å². The van der Waals surface area contributed by atoms with Crippen LogP contribution in [0.15, 0.2) is 158 Å². The summed E-state index contributed by atoms with van der Waals surface area (Å²) in [6.45, 7) is 4.51. The van der Waals surface area contributed by atoms with Gasteiger partial charge in [0.05, 0.1) is 26.4 Å². The summed E-state index contributed by atoms with van der Waals surface area (Å²) in [4.78, 5) is 73.1. The summed E-state index contributed by atoms with van der Waals surface area (Å²) in [6.07, 6.45) is 93.7. The van der Waals surface area contributed by atoms with Gasteiger partial charge in [0.15, 0.2) is 12.2 Å². The lowest BCUT2D eigenvalue weighted by Crippen LogP contribution is -2.30. The molecule has 0 amide bonds. The zero-order chi connectivity index (χ0) is 78.9. The van der Waals surface area contributed by atoms with Gasteiger partial charge in [-0.15, -0.1) is 0 Å². The average molecular weight is 1550 g/mol. The molecule has 0 radical (unpaired) electrons. The van der Waals surface area contributed by atoms with Crippen LogP contribution in [-0.4, -0.2) is 96.7 Å². The van der Waals surface area contributed by atoms with Crippen molar-refractivity contribution in [3.63, 3.8) is 0 Å². The Morgan fingerprint density at radius 2 is 0.500 bits per heavy atom. The second-order valence-corrected chi connectivity index (χ2v) is 30.2. The topological polar surface area (TPSA) is 237 Å². The van der Waals surface area contributed by atoms with Crippen molar-refractivity contribution in [3.05, 3.63) is 158 Å². The highest BCUT2D eigenvalue weighted by atomic mass is 31.2. The normalized spacial score (nSPS) is 14.6. The van der Waals surface area contributed by atoms with Gasteiger partial charge in [-0.25, -0.2) is 9.13 Å². The molecule has 3 N–H and O–H groups in total. The first-order valence-electron chi connectivity index (χ1n) is 41.7. The lowest BCUT2D eigenvalue weighted by atomic mass is 10.1. The molecule has 0 aliphatic heterocycles. The van der Waals surface area contributed by atoms with Crippen LogP contribution in [0.4, 0.5) is 0 Å². The molecule has 0 spiro atoms. The largest absolute Gasteiger partial charge is 0.472 e. The fourth-order valence-corrected chi connectivity index (χ4v) is 12.3. The third-order valence-electron chi connectivity index (χ3n) is 17.0. The quantitative estimate of drug-likeness (QED) is 0.0169. The zero-order valence-electron chi connectivity index (χ0n) is 67.5. The number of hydrogen-bond acceptors (Lipinski definition) is 15. The second kappa shape index (κ2) is 79.8. The molecule has 2 unspecified atom stereocenters. The number of esters is 4. The van der Waals surface area contributed by atoms with Crippen molar-refractivity contribution in [3.8, 4) is 0 Å². The number of carbonyl (C=O) groups is 4. The molecular formula is C89H148O17P2. The van der Waals surface area contributed by atoms with Crippen LogP contribution in [0.25, 0.3) is 0 Å². The smallest absolute Gasteiger partial charge is 0.462 e. The first kappa shape index (κ1) is 103. The van der Waals surface area contributed by atoms with E-state index in [2.05, 4.69) is 167 Å². The van der Waals surface area contributed by atoms with Crippen LogP contribution in [0.5, 0.6) is 0 Å². The van der Waals surface area contributed by atoms with Crippen molar-refractivity contribution in [2.24, 2.45) is 0 Å². The molecule has 616 valence electrons. The van der Waals surface area contributed by atoms with Gasteiger partial charge in [0.25, 0.3) is 0 Å². The minimum Gasteiger partial charge on any atom is -0.462 e. The number of rotatable bonds is 77. The van der Waals surface area contributed by atoms with Crippen LogP contribution in [0.3, 0.4) is 0 Å². The number of carbonyl (C=O) groups excluding carboxylic acids is 4. The lowest BCUT2D eigenvalue weighted by Gasteiger charge is -2.21. The molecule has 0 aliphatic rings. The molecule has 0 bridgehead atoms. The third-order valence-corrected chi connectivity index (χ3v) is 18.9. The number of phosphoric ester groups is 2. The molecule has 17 nitrogen and oxygen atoms in total. The molecule has 0 saturated carbocycles. The molecule has 0 aromatic rings. The Kier molecular flexibility index (Phi) is 75.8. The summed E-state index contributed by atoms with van der Waals surface area (Å²) in [5.41, 5.74) is 0. The molecule has 0 aromatic heterocycles. The summed E-state index contributed by atoms with van der Waals surface area (Å²) in [5, 5.41) is 10.7. The molecule has 0 rings (SSSR count). The highest BCUT2D eigenvalue weighted by molar-refractivity contribution is 7.47. The predicted molar refractivity (Wildman–Crippen MR) is 445 cm³/mol. The molecule has 19 heteroatoms. The van der Waals surface area contributed by atoms with Crippen molar-refractivity contribution in [2.75, 3.05) is 39.6 Å². The first-order chi connectivity index (χ1) is 52.7. The highest BCUT2D eigenvalue weighted by Crippen LogP contribution is 2.45. The van der Waals surface area contributed by atoms with E-state index in [1.807, 2.05) is 18.2 Å². The Hall–Kier alpha value is -5.32. The van der Waals surface area contributed by atoms with Gasteiger partial charge in [-0.3, -0.25) is 37.3 Å².